The van der Waals surface area contributed by atoms with Gasteiger partial charge < -0.3 is 21.3 Å². The van der Waals surface area contributed by atoms with Gasteiger partial charge in [-0.25, -0.2) is 0 Å². The molecule has 8 nitrogen and oxygen atoms in total. The van der Waals surface area contributed by atoms with Crippen LogP contribution in [0.1, 0.15) is 117 Å². The van der Waals surface area contributed by atoms with Crippen molar-refractivity contribution in [2.45, 2.75) is 117 Å². The number of unbranched alkanes of at least 4 members (excludes halogenated alkanes) is 13. The maximum atomic E-state index is 11.8. The van der Waals surface area contributed by atoms with E-state index in [2.05, 4.69) is 35.1 Å². The molecule has 0 saturated heterocycles. The van der Waals surface area contributed by atoms with E-state index in [0.29, 0.717) is 26.2 Å². The van der Waals surface area contributed by atoms with E-state index in [1.165, 1.54) is 51.4 Å². The fourth-order valence-corrected chi connectivity index (χ4v) is 3.54. The second-order valence-electron chi connectivity index (χ2n) is 8.97. The fourth-order valence-electron chi connectivity index (χ4n) is 3.54. The fraction of sp³-hybridized carbons (Fsp3) is 0.846. The van der Waals surface area contributed by atoms with Crippen LogP contribution in [-0.4, -0.2) is 49.8 Å². The van der Waals surface area contributed by atoms with Crippen molar-refractivity contribution >= 4 is 23.6 Å². The van der Waals surface area contributed by atoms with Crippen molar-refractivity contribution in [2.24, 2.45) is 0 Å². The minimum absolute atomic E-state index is 0.455. The lowest BCUT2D eigenvalue weighted by Gasteiger charge is -2.08. The zero-order valence-electron chi connectivity index (χ0n) is 21.8. The number of rotatable bonds is 21. The Morgan fingerprint density at radius 3 is 0.794 bits per heavy atom. The van der Waals surface area contributed by atoms with Crippen LogP contribution < -0.4 is 21.3 Å². The molecule has 0 aromatic heterocycles. The van der Waals surface area contributed by atoms with Gasteiger partial charge in [0, 0.05) is 26.2 Å². The summed E-state index contributed by atoms with van der Waals surface area (Å²) in [7, 11) is 0. The zero-order valence-corrected chi connectivity index (χ0v) is 21.8. The summed E-state index contributed by atoms with van der Waals surface area (Å²) in [5, 5.41) is 10.6. The molecule has 0 heterocycles. The van der Waals surface area contributed by atoms with Crippen molar-refractivity contribution in [1.82, 2.24) is 21.3 Å². The predicted octanol–water partition coefficient (Wildman–Crippen LogP) is 3.73. The highest BCUT2D eigenvalue weighted by Crippen LogP contribution is 2.05. The van der Waals surface area contributed by atoms with Crippen LogP contribution in [0.5, 0.6) is 0 Å². The third-order valence-corrected chi connectivity index (χ3v) is 5.72. The van der Waals surface area contributed by atoms with E-state index in [0.717, 1.165) is 51.4 Å². The Morgan fingerprint density at radius 2 is 0.559 bits per heavy atom. The van der Waals surface area contributed by atoms with Gasteiger partial charge in [0.05, 0.1) is 0 Å². The van der Waals surface area contributed by atoms with Gasteiger partial charge in [0.25, 0.3) is 0 Å². The predicted molar refractivity (Wildman–Crippen MR) is 137 cm³/mol. The van der Waals surface area contributed by atoms with Crippen LogP contribution in [-0.2, 0) is 19.2 Å². The maximum absolute atomic E-state index is 11.8. The summed E-state index contributed by atoms with van der Waals surface area (Å²) in [6.45, 7) is 6.36. The Hall–Kier alpha value is -2.12. The molecule has 8 heteroatoms. The molecule has 0 aromatic carbocycles. The molecule has 0 rings (SSSR count). The minimum atomic E-state index is -0.579. The molecule has 0 saturated carbocycles. The van der Waals surface area contributed by atoms with Gasteiger partial charge >= 0.3 is 23.6 Å². The second-order valence-corrected chi connectivity index (χ2v) is 8.97. The molecule has 0 unspecified atom stereocenters. The molecule has 0 aliphatic rings. The number of carbonyl (C=O) groups is 4. The number of hydrogen-bond acceptors (Lipinski definition) is 4. The molecule has 0 bridgehead atoms. The van der Waals surface area contributed by atoms with Gasteiger partial charge in [0.2, 0.25) is 0 Å². The maximum Gasteiger partial charge on any atom is 0.309 e. The van der Waals surface area contributed by atoms with E-state index in [-0.39, 0.29) is 0 Å². The molecule has 0 aliphatic carbocycles. The molecule has 34 heavy (non-hydrogen) atoms. The van der Waals surface area contributed by atoms with E-state index < -0.39 is 23.6 Å². The van der Waals surface area contributed by atoms with Gasteiger partial charge in [0.15, 0.2) is 0 Å². The highest BCUT2D eigenvalue weighted by molar-refractivity contribution is 6.35. The molecule has 0 fully saturated rings. The molecular formula is C26H50N4O4. The Balaban J connectivity index is 3.52. The zero-order chi connectivity index (χ0) is 25.3. The third kappa shape index (κ3) is 20.5. The van der Waals surface area contributed by atoms with Crippen LogP contribution in [0.3, 0.4) is 0 Å². The highest BCUT2D eigenvalue weighted by Gasteiger charge is 2.12. The molecule has 0 aromatic rings. The molecule has 4 N–H and O–H groups in total. The monoisotopic (exact) mass is 482 g/mol. The largest absolute Gasteiger partial charge is 0.348 e. The van der Waals surface area contributed by atoms with E-state index >= 15 is 0 Å². The second kappa shape index (κ2) is 24.0. The summed E-state index contributed by atoms with van der Waals surface area (Å²) in [6, 6.07) is 0. The summed E-state index contributed by atoms with van der Waals surface area (Å²) in [6.07, 6.45) is 17.0. The van der Waals surface area contributed by atoms with E-state index in [1.807, 2.05) is 0 Å². The summed E-state index contributed by atoms with van der Waals surface area (Å²) >= 11 is 0. The first-order valence-electron chi connectivity index (χ1n) is 13.6. The smallest absolute Gasteiger partial charge is 0.309 e. The van der Waals surface area contributed by atoms with Crippen molar-refractivity contribution in [1.29, 1.82) is 0 Å². The normalized spacial score (nSPS) is 10.5. The lowest BCUT2D eigenvalue weighted by Crippen LogP contribution is -2.40. The number of carbonyl (C=O) groups excluding carboxylic acids is 4. The van der Waals surface area contributed by atoms with Crippen LogP contribution in [0.25, 0.3) is 0 Å². The average Bonchev–Trinajstić information content (AvgIpc) is 2.83. The lowest BCUT2D eigenvalue weighted by molar-refractivity contribution is -0.139. The Labute approximate surface area is 207 Å². The van der Waals surface area contributed by atoms with E-state index in [1.54, 1.807) is 0 Å². The van der Waals surface area contributed by atoms with E-state index in [4.69, 9.17) is 0 Å². The number of hydrogen-bond donors (Lipinski definition) is 4. The highest BCUT2D eigenvalue weighted by atomic mass is 16.2. The van der Waals surface area contributed by atoms with Gasteiger partial charge in [-0.3, -0.25) is 19.2 Å². The standard InChI is InChI=1S/C26H50N4O4/c1-3-5-7-9-11-15-19-27-23(31)25(33)29-21-17-13-14-18-22-30-26(34)24(32)28-20-16-12-10-8-6-4-2/h3-22H2,1-2H3,(H,27,31)(H,28,32)(H,29,33)(H,30,34). The lowest BCUT2D eigenvalue weighted by atomic mass is 10.1. The number of nitrogens with one attached hydrogen (secondary N) is 4. The van der Waals surface area contributed by atoms with Crippen molar-refractivity contribution in [3.63, 3.8) is 0 Å². The average molecular weight is 483 g/mol. The van der Waals surface area contributed by atoms with Crippen LogP contribution >= 0.6 is 0 Å². The van der Waals surface area contributed by atoms with Gasteiger partial charge in [0.1, 0.15) is 0 Å². The van der Waals surface area contributed by atoms with Crippen molar-refractivity contribution in [2.75, 3.05) is 26.2 Å². The van der Waals surface area contributed by atoms with Gasteiger partial charge in [-0.1, -0.05) is 90.9 Å². The molecular weight excluding hydrogens is 432 g/mol. The molecule has 0 atom stereocenters. The molecule has 0 radical (unpaired) electrons. The molecule has 4 amide bonds. The van der Waals surface area contributed by atoms with Crippen molar-refractivity contribution in [3.8, 4) is 0 Å². The Morgan fingerprint density at radius 1 is 0.353 bits per heavy atom. The van der Waals surface area contributed by atoms with Crippen LogP contribution in [0.2, 0.25) is 0 Å². The first-order valence-corrected chi connectivity index (χ1v) is 13.6. The van der Waals surface area contributed by atoms with Crippen molar-refractivity contribution in [3.05, 3.63) is 0 Å². The van der Waals surface area contributed by atoms with Crippen molar-refractivity contribution < 1.29 is 19.2 Å². The summed E-state index contributed by atoms with van der Waals surface area (Å²) in [4.78, 5) is 47.0. The first-order chi connectivity index (χ1) is 16.5. The van der Waals surface area contributed by atoms with Gasteiger partial charge in [-0.15, -0.1) is 0 Å². The van der Waals surface area contributed by atoms with Crippen LogP contribution in [0.4, 0.5) is 0 Å². The third-order valence-electron chi connectivity index (χ3n) is 5.72. The van der Waals surface area contributed by atoms with Gasteiger partial charge in [-0.2, -0.15) is 0 Å². The summed E-state index contributed by atoms with van der Waals surface area (Å²) < 4.78 is 0. The SMILES string of the molecule is CCCCCCCCNC(=O)C(=O)NCCCCCCNC(=O)C(=O)NCCCCCCCC. The van der Waals surface area contributed by atoms with Gasteiger partial charge in [-0.05, 0) is 25.7 Å². The van der Waals surface area contributed by atoms with Crippen LogP contribution in [0, 0.1) is 0 Å². The number of amides is 4. The Bertz CT molecular complexity index is 507. The summed E-state index contributed by atoms with van der Waals surface area (Å²) in [5.41, 5.74) is 0. The molecule has 198 valence electrons. The Kier molecular flexibility index (Phi) is 22.5. The molecule has 0 aliphatic heterocycles. The van der Waals surface area contributed by atoms with E-state index in [9.17, 15) is 19.2 Å². The first kappa shape index (κ1) is 31.9. The summed E-state index contributed by atoms with van der Waals surface area (Å²) in [5.74, 6) is -2.28. The molecule has 0 spiro atoms. The van der Waals surface area contributed by atoms with Crippen LogP contribution in [0.15, 0.2) is 0 Å². The minimum Gasteiger partial charge on any atom is -0.348 e. The quantitative estimate of drug-likeness (QED) is 0.147. The topological polar surface area (TPSA) is 116 Å².